The Morgan fingerprint density at radius 1 is 1.82 bits per heavy atom. The van der Waals surface area contributed by atoms with Crippen LogP contribution in [0.2, 0.25) is 0 Å². The van der Waals surface area contributed by atoms with Crippen LogP contribution in [0.15, 0.2) is 11.4 Å². The Morgan fingerprint density at radius 3 is 3.00 bits per heavy atom. The number of methoxy groups -OCH3 is 1. The summed E-state index contributed by atoms with van der Waals surface area (Å²) in [5.41, 5.74) is 0. The van der Waals surface area contributed by atoms with E-state index in [4.69, 9.17) is 4.74 Å². The molecule has 0 fully saturated rings. The molecular weight excluding hydrogens is 275 g/mol. The summed E-state index contributed by atoms with van der Waals surface area (Å²) in [5.74, 6) is 0. The van der Waals surface area contributed by atoms with Crippen LogP contribution in [-0.2, 0) is 4.74 Å². The number of ether oxygens (including phenoxy) is 1. The molecule has 0 aliphatic carbocycles. The fourth-order valence-electron chi connectivity index (χ4n) is 0.777. The van der Waals surface area contributed by atoms with Gasteiger partial charge in [-0.3, -0.25) is 0 Å². The Balaban J connectivity index is 2.67. The summed E-state index contributed by atoms with van der Waals surface area (Å²) in [6.07, 6.45) is -0.466. The van der Waals surface area contributed by atoms with Crippen molar-refractivity contribution in [2.24, 2.45) is 0 Å². The zero-order valence-corrected chi connectivity index (χ0v) is 9.05. The number of halogens is 1. The molecule has 0 aromatic carbocycles. The van der Waals surface area contributed by atoms with Crippen LogP contribution in [0.4, 0.5) is 0 Å². The number of aliphatic hydroxyl groups is 1. The van der Waals surface area contributed by atoms with Crippen LogP contribution in [-0.4, -0.2) is 18.8 Å². The summed E-state index contributed by atoms with van der Waals surface area (Å²) in [6, 6.07) is 1.99. The second-order valence-corrected chi connectivity index (χ2v) is 4.21. The highest BCUT2D eigenvalue weighted by Crippen LogP contribution is 2.25. The smallest absolute Gasteiger partial charge is 0.112 e. The van der Waals surface area contributed by atoms with Crippen LogP contribution in [0.25, 0.3) is 0 Å². The Hall–Kier alpha value is 0.350. The molecule has 1 rings (SSSR count). The van der Waals surface area contributed by atoms with E-state index in [9.17, 15) is 5.11 Å². The van der Waals surface area contributed by atoms with Crippen LogP contribution >= 0.6 is 33.9 Å². The molecule has 11 heavy (non-hydrogen) atoms. The second kappa shape index (κ2) is 4.39. The van der Waals surface area contributed by atoms with E-state index in [1.807, 2.05) is 11.4 Å². The van der Waals surface area contributed by atoms with Crippen LogP contribution < -0.4 is 0 Å². The fourth-order valence-corrected chi connectivity index (χ4v) is 2.70. The van der Waals surface area contributed by atoms with E-state index in [2.05, 4.69) is 22.6 Å². The van der Waals surface area contributed by atoms with Crippen LogP contribution in [0, 0.1) is 3.57 Å². The fraction of sp³-hybridized carbons (Fsp3) is 0.429. The van der Waals surface area contributed by atoms with Crippen molar-refractivity contribution in [1.82, 2.24) is 0 Å². The standard InChI is InChI=1S/C7H9IO2S/c1-10-4-6(9)7-5(8)2-3-11-7/h2-3,6,9H,4H2,1H3. The topological polar surface area (TPSA) is 29.5 Å². The first-order chi connectivity index (χ1) is 5.25. The van der Waals surface area contributed by atoms with Crippen LogP contribution in [0.3, 0.4) is 0 Å². The van der Waals surface area contributed by atoms with Gasteiger partial charge in [-0.25, -0.2) is 0 Å². The lowest BCUT2D eigenvalue weighted by atomic mass is 10.3. The van der Waals surface area contributed by atoms with E-state index >= 15 is 0 Å². The first-order valence-corrected chi connectivity index (χ1v) is 5.11. The van der Waals surface area contributed by atoms with Crippen LogP contribution in [0.1, 0.15) is 11.0 Å². The van der Waals surface area contributed by atoms with E-state index in [1.54, 1.807) is 18.4 Å². The molecule has 2 nitrogen and oxygen atoms in total. The van der Waals surface area contributed by atoms with Gasteiger partial charge < -0.3 is 9.84 Å². The zero-order valence-electron chi connectivity index (χ0n) is 6.08. The van der Waals surface area contributed by atoms with Gasteiger partial charge in [0.05, 0.1) is 6.61 Å². The normalized spacial score (nSPS) is 13.4. The SMILES string of the molecule is COCC(O)c1sccc1I. The Morgan fingerprint density at radius 2 is 2.55 bits per heavy atom. The maximum Gasteiger partial charge on any atom is 0.112 e. The van der Waals surface area contributed by atoms with Crippen molar-refractivity contribution >= 4 is 33.9 Å². The van der Waals surface area contributed by atoms with Crippen molar-refractivity contribution in [2.45, 2.75) is 6.10 Å². The summed E-state index contributed by atoms with van der Waals surface area (Å²) in [6.45, 7) is 0.372. The molecule has 0 saturated carbocycles. The molecule has 0 bridgehead atoms. The molecule has 1 unspecified atom stereocenters. The Labute approximate surface area is 83.3 Å². The second-order valence-electron chi connectivity index (χ2n) is 2.10. The summed E-state index contributed by atoms with van der Waals surface area (Å²) in [5, 5.41) is 11.4. The highest BCUT2D eigenvalue weighted by atomic mass is 127. The van der Waals surface area contributed by atoms with Crippen molar-refractivity contribution in [3.8, 4) is 0 Å². The quantitative estimate of drug-likeness (QED) is 0.861. The molecular formula is C7H9IO2S. The van der Waals surface area contributed by atoms with Gasteiger partial charge in [0.1, 0.15) is 6.10 Å². The van der Waals surface area contributed by atoms with Gasteiger partial charge in [0.15, 0.2) is 0 Å². The highest BCUT2D eigenvalue weighted by molar-refractivity contribution is 14.1. The summed E-state index contributed by atoms with van der Waals surface area (Å²) < 4.78 is 5.94. The molecule has 0 aliphatic heterocycles. The van der Waals surface area contributed by atoms with Crippen molar-refractivity contribution in [3.05, 3.63) is 19.9 Å². The lowest BCUT2D eigenvalue weighted by Crippen LogP contribution is -2.03. The maximum atomic E-state index is 9.47. The average molecular weight is 284 g/mol. The highest BCUT2D eigenvalue weighted by Gasteiger charge is 2.11. The molecule has 4 heteroatoms. The third-order valence-corrected chi connectivity index (χ3v) is 3.60. The number of hydrogen-bond donors (Lipinski definition) is 1. The molecule has 62 valence electrons. The van der Waals surface area contributed by atoms with Gasteiger partial charge in [0, 0.05) is 15.6 Å². The first-order valence-electron chi connectivity index (χ1n) is 3.15. The number of aliphatic hydroxyl groups excluding tert-OH is 1. The number of hydrogen-bond acceptors (Lipinski definition) is 3. The van der Waals surface area contributed by atoms with Crippen LogP contribution in [0.5, 0.6) is 0 Å². The molecule has 1 heterocycles. The van der Waals surface area contributed by atoms with Gasteiger partial charge in [0.2, 0.25) is 0 Å². The van der Waals surface area contributed by atoms with Crippen molar-refractivity contribution in [3.63, 3.8) is 0 Å². The summed E-state index contributed by atoms with van der Waals surface area (Å²) in [4.78, 5) is 0.993. The van der Waals surface area contributed by atoms with Gasteiger partial charge in [-0.15, -0.1) is 11.3 Å². The Bertz CT molecular complexity index is 224. The van der Waals surface area contributed by atoms with E-state index < -0.39 is 6.10 Å². The zero-order chi connectivity index (χ0) is 8.27. The van der Waals surface area contributed by atoms with Gasteiger partial charge >= 0.3 is 0 Å². The molecule has 0 aliphatic rings. The lowest BCUT2D eigenvalue weighted by molar-refractivity contribution is 0.0662. The largest absolute Gasteiger partial charge is 0.385 e. The van der Waals surface area contributed by atoms with Gasteiger partial charge in [-0.2, -0.15) is 0 Å². The summed E-state index contributed by atoms with van der Waals surface area (Å²) >= 11 is 3.77. The number of rotatable bonds is 3. The minimum Gasteiger partial charge on any atom is -0.385 e. The number of thiophene rings is 1. The summed E-state index contributed by atoms with van der Waals surface area (Å²) in [7, 11) is 1.59. The van der Waals surface area contributed by atoms with Crippen molar-refractivity contribution < 1.29 is 9.84 Å². The third kappa shape index (κ3) is 2.40. The monoisotopic (exact) mass is 284 g/mol. The van der Waals surface area contributed by atoms with Gasteiger partial charge in [-0.1, -0.05) is 0 Å². The molecule has 1 N–H and O–H groups in total. The van der Waals surface area contributed by atoms with E-state index in [0.717, 1.165) is 8.45 Å². The third-order valence-electron chi connectivity index (χ3n) is 1.27. The maximum absolute atomic E-state index is 9.47. The van der Waals surface area contributed by atoms with Gasteiger partial charge in [0.25, 0.3) is 0 Å². The molecule has 0 spiro atoms. The lowest BCUT2D eigenvalue weighted by Gasteiger charge is -2.06. The predicted molar refractivity (Wildman–Crippen MR) is 53.9 cm³/mol. The molecule has 1 aromatic rings. The van der Waals surface area contributed by atoms with E-state index in [-0.39, 0.29) is 0 Å². The molecule has 0 saturated heterocycles. The first kappa shape index (κ1) is 9.44. The Kier molecular flexibility index (Phi) is 3.77. The molecule has 1 atom stereocenters. The van der Waals surface area contributed by atoms with Gasteiger partial charge in [-0.05, 0) is 34.0 Å². The molecule has 0 radical (unpaired) electrons. The minimum atomic E-state index is -0.466. The van der Waals surface area contributed by atoms with Crippen molar-refractivity contribution in [2.75, 3.05) is 13.7 Å². The van der Waals surface area contributed by atoms with E-state index in [1.165, 1.54) is 0 Å². The predicted octanol–water partition coefficient (Wildman–Crippen LogP) is 2.03. The van der Waals surface area contributed by atoms with E-state index in [0.29, 0.717) is 6.61 Å². The molecule has 0 amide bonds. The van der Waals surface area contributed by atoms with Crippen molar-refractivity contribution in [1.29, 1.82) is 0 Å². The molecule has 1 aromatic heterocycles. The minimum absolute atomic E-state index is 0.372. The average Bonchev–Trinajstić information content (AvgIpc) is 2.36.